The number of nitrogens with one attached hydrogen (secondary N) is 1. The van der Waals surface area contributed by atoms with Gasteiger partial charge in [0.25, 0.3) is 0 Å². The molecule has 1 aromatic carbocycles. The fourth-order valence-electron chi connectivity index (χ4n) is 3.81. The number of carbonyl (C=O) groups is 1. The summed E-state index contributed by atoms with van der Waals surface area (Å²) in [5, 5.41) is 12.7. The molecule has 2 aromatic rings. The molecular weight excluding hydrogens is 436 g/mol. The number of ether oxygens (including phenoxy) is 2. The van der Waals surface area contributed by atoms with Crippen LogP contribution in [0.25, 0.3) is 0 Å². The second kappa shape index (κ2) is 11.4. The van der Waals surface area contributed by atoms with Crippen LogP contribution in [0.4, 0.5) is 5.69 Å². The molecule has 1 N–H and O–H groups in total. The summed E-state index contributed by atoms with van der Waals surface area (Å²) < 4.78 is 12.6. The SMILES string of the molecule is C=CCn1c(CC2CCCCC2)nnc1SCC(=O)Nc1cc(OC)c(Cl)cc1OC. The Morgan fingerprint density at radius 3 is 2.68 bits per heavy atom. The summed E-state index contributed by atoms with van der Waals surface area (Å²) in [7, 11) is 3.04. The number of anilines is 1. The Balaban J connectivity index is 1.65. The number of benzene rings is 1. The maximum Gasteiger partial charge on any atom is 0.234 e. The second-order valence-corrected chi connectivity index (χ2v) is 8.88. The summed E-state index contributed by atoms with van der Waals surface area (Å²) >= 11 is 7.48. The topological polar surface area (TPSA) is 78.3 Å². The molecule has 7 nitrogen and oxygen atoms in total. The van der Waals surface area contributed by atoms with Crippen LogP contribution in [0.3, 0.4) is 0 Å². The Morgan fingerprint density at radius 2 is 2.00 bits per heavy atom. The molecule has 1 aliphatic rings. The fraction of sp³-hybridized carbons (Fsp3) is 0.500. The number of carbonyl (C=O) groups excluding carboxylic acids is 1. The summed E-state index contributed by atoms with van der Waals surface area (Å²) in [4.78, 5) is 12.6. The Kier molecular flexibility index (Phi) is 8.66. The van der Waals surface area contributed by atoms with Gasteiger partial charge in [-0.15, -0.1) is 16.8 Å². The number of nitrogens with zero attached hydrogens (tertiary/aromatic N) is 3. The average Bonchev–Trinajstić information content (AvgIpc) is 3.15. The van der Waals surface area contributed by atoms with Gasteiger partial charge in [-0.3, -0.25) is 4.79 Å². The van der Waals surface area contributed by atoms with E-state index in [-0.39, 0.29) is 11.7 Å². The van der Waals surface area contributed by atoms with Gasteiger partial charge in [0.15, 0.2) is 5.16 Å². The number of aromatic nitrogens is 3. The van der Waals surface area contributed by atoms with E-state index >= 15 is 0 Å². The van der Waals surface area contributed by atoms with Crippen LogP contribution in [-0.2, 0) is 17.8 Å². The molecule has 1 aliphatic carbocycles. The third kappa shape index (κ3) is 6.17. The van der Waals surface area contributed by atoms with Gasteiger partial charge in [0.1, 0.15) is 17.3 Å². The molecule has 168 valence electrons. The first kappa shape index (κ1) is 23.5. The second-order valence-electron chi connectivity index (χ2n) is 7.53. The molecule has 0 bridgehead atoms. The lowest BCUT2D eigenvalue weighted by molar-refractivity contribution is -0.113. The van der Waals surface area contributed by atoms with Gasteiger partial charge < -0.3 is 19.4 Å². The summed E-state index contributed by atoms with van der Waals surface area (Å²) in [6.07, 6.45) is 9.17. The van der Waals surface area contributed by atoms with E-state index in [0.29, 0.717) is 34.7 Å². The van der Waals surface area contributed by atoms with Crippen molar-refractivity contribution < 1.29 is 14.3 Å². The lowest BCUT2D eigenvalue weighted by atomic mass is 9.87. The maximum atomic E-state index is 12.6. The van der Waals surface area contributed by atoms with E-state index < -0.39 is 0 Å². The molecule has 0 aliphatic heterocycles. The smallest absolute Gasteiger partial charge is 0.234 e. The van der Waals surface area contributed by atoms with Gasteiger partial charge in [0, 0.05) is 25.1 Å². The lowest BCUT2D eigenvalue weighted by Crippen LogP contribution is -2.16. The molecule has 0 radical (unpaired) electrons. The molecule has 3 rings (SSSR count). The van der Waals surface area contributed by atoms with E-state index in [2.05, 4.69) is 26.7 Å². The standard InChI is InChI=1S/C22H29ClN4O3S/c1-4-10-27-20(11-15-8-6-5-7-9-15)25-26-22(27)31-14-21(28)24-17-13-18(29-2)16(23)12-19(17)30-3/h4,12-13,15H,1,5-11,14H2,2-3H3,(H,24,28). The highest BCUT2D eigenvalue weighted by Crippen LogP contribution is 2.36. The number of allylic oxidation sites excluding steroid dienone is 1. The number of halogens is 1. The first-order valence-corrected chi connectivity index (χ1v) is 11.8. The van der Waals surface area contributed by atoms with E-state index in [9.17, 15) is 4.79 Å². The Labute approximate surface area is 192 Å². The van der Waals surface area contributed by atoms with E-state index in [0.717, 1.165) is 17.4 Å². The van der Waals surface area contributed by atoms with Gasteiger partial charge in [-0.05, 0) is 5.92 Å². The minimum absolute atomic E-state index is 0.186. The van der Waals surface area contributed by atoms with Crippen LogP contribution in [-0.4, -0.2) is 40.6 Å². The van der Waals surface area contributed by atoms with Crippen molar-refractivity contribution in [2.24, 2.45) is 5.92 Å². The molecule has 0 unspecified atom stereocenters. The van der Waals surface area contributed by atoms with Crippen LogP contribution in [0.15, 0.2) is 29.9 Å². The summed E-state index contributed by atoms with van der Waals surface area (Å²) in [5.74, 6) is 2.56. The van der Waals surface area contributed by atoms with E-state index in [1.54, 1.807) is 12.1 Å². The molecule has 1 heterocycles. The number of hydrogen-bond acceptors (Lipinski definition) is 6. The fourth-order valence-corrected chi connectivity index (χ4v) is 4.81. The van der Waals surface area contributed by atoms with Crippen molar-refractivity contribution in [3.8, 4) is 11.5 Å². The monoisotopic (exact) mass is 464 g/mol. The van der Waals surface area contributed by atoms with Crippen LogP contribution >= 0.6 is 23.4 Å². The molecule has 1 aromatic heterocycles. The molecule has 9 heteroatoms. The highest BCUT2D eigenvalue weighted by molar-refractivity contribution is 7.99. The van der Waals surface area contributed by atoms with Crippen molar-refractivity contribution in [2.45, 2.75) is 50.2 Å². The Hall–Kier alpha value is -2.19. The van der Waals surface area contributed by atoms with Crippen LogP contribution in [0.1, 0.15) is 37.9 Å². The van der Waals surface area contributed by atoms with Crippen molar-refractivity contribution >= 4 is 35.0 Å². The van der Waals surface area contributed by atoms with Gasteiger partial charge >= 0.3 is 0 Å². The molecule has 1 saturated carbocycles. The molecular formula is C22H29ClN4O3S. The van der Waals surface area contributed by atoms with Crippen LogP contribution in [0.2, 0.25) is 5.02 Å². The number of hydrogen-bond donors (Lipinski definition) is 1. The number of thioether (sulfide) groups is 1. The number of amides is 1. The molecule has 0 spiro atoms. The van der Waals surface area contributed by atoms with E-state index in [4.69, 9.17) is 21.1 Å². The van der Waals surface area contributed by atoms with Crippen molar-refractivity contribution in [1.29, 1.82) is 0 Å². The molecule has 1 amide bonds. The number of methoxy groups -OCH3 is 2. The van der Waals surface area contributed by atoms with Crippen molar-refractivity contribution in [2.75, 3.05) is 25.3 Å². The van der Waals surface area contributed by atoms with Crippen molar-refractivity contribution in [1.82, 2.24) is 14.8 Å². The van der Waals surface area contributed by atoms with Crippen LogP contribution in [0.5, 0.6) is 11.5 Å². The highest BCUT2D eigenvalue weighted by Gasteiger charge is 2.20. The van der Waals surface area contributed by atoms with Gasteiger partial charge in [-0.1, -0.05) is 61.5 Å². The first-order valence-electron chi connectivity index (χ1n) is 10.4. The molecule has 0 saturated heterocycles. The van der Waals surface area contributed by atoms with Gasteiger partial charge in [0.2, 0.25) is 5.91 Å². The normalized spacial score (nSPS) is 14.3. The Morgan fingerprint density at radius 1 is 1.26 bits per heavy atom. The van der Waals surface area contributed by atoms with E-state index in [1.807, 2.05) is 6.08 Å². The number of rotatable bonds is 10. The average molecular weight is 465 g/mol. The first-order chi connectivity index (χ1) is 15.0. The van der Waals surface area contributed by atoms with Crippen molar-refractivity contribution in [3.05, 3.63) is 35.6 Å². The lowest BCUT2D eigenvalue weighted by Gasteiger charge is -2.21. The van der Waals surface area contributed by atoms with E-state index in [1.165, 1.54) is 58.1 Å². The van der Waals surface area contributed by atoms with Crippen LogP contribution in [0, 0.1) is 5.92 Å². The molecule has 1 fully saturated rings. The highest BCUT2D eigenvalue weighted by atomic mass is 35.5. The summed E-state index contributed by atoms with van der Waals surface area (Å²) in [6, 6.07) is 3.26. The predicted octanol–water partition coefficient (Wildman–Crippen LogP) is 4.99. The zero-order valence-electron chi connectivity index (χ0n) is 18.0. The molecule has 31 heavy (non-hydrogen) atoms. The third-order valence-corrected chi connectivity index (χ3v) is 6.64. The summed E-state index contributed by atoms with van der Waals surface area (Å²) in [5.41, 5.74) is 0.500. The zero-order chi connectivity index (χ0) is 22.2. The molecule has 0 atom stereocenters. The maximum absolute atomic E-state index is 12.6. The largest absolute Gasteiger partial charge is 0.495 e. The summed E-state index contributed by atoms with van der Waals surface area (Å²) in [6.45, 7) is 4.48. The van der Waals surface area contributed by atoms with Gasteiger partial charge in [0.05, 0.1) is 30.7 Å². The van der Waals surface area contributed by atoms with Gasteiger partial charge in [-0.2, -0.15) is 0 Å². The quantitative estimate of drug-likeness (QED) is 0.394. The van der Waals surface area contributed by atoms with Gasteiger partial charge in [-0.25, -0.2) is 0 Å². The third-order valence-electron chi connectivity index (χ3n) is 5.38. The minimum Gasteiger partial charge on any atom is -0.495 e. The Bertz CT molecular complexity index is 912. The van der Waals surface area contributed by atoms with Crippen LogP contribution < -0.4 is 14.8 Å². The predicted molar refractivity (Wildman–Crippen MR) is 124 cm³/mol. The van der Waals surface area contributed by atoms with Crippen molar-refractivity contribution in [3.63, 3.8) is 0 Å². The zero-order valence-corrected chi connectivity index (χ0v) is 19.6. The minimum atomic E-state index is -0.186.